The molecule has 0 aliphatic carbocycles. The maximum Gasteiger partial charge on any atom is 0.252 e. The molecule has 6 nitrogen and oxygen atoms in total. The third kappa shape index (κ3) is 3.96. The summed E-state index contributed by atoms with van der Waals surface area (Å²) in [4.78, 5) is 31.7. The van der Waals surface area contributed by atoms with Crippen LogP contribution in [-0.4, -0.2) is 36.4 Å². The number of pyridine rings is 1. The molecule has 2 heterocycles. The Morgan fingerprint density at radius 1 is 1.17 bits per heavy atom. The van der Waals surface area contributed by atoms with E-state index in [4.69, 9.17) is 0 Å². The maximum atomic E-state index is 14.1. The van der Waals surface area contributed by atoms with E-state index < -0.39 is 0 Å². The fourth-order valence-electron chi connectivity index (χ4n) is 3.81. The number of anilines is 2. The first-order valence-electron chi connectivity index (χ1n) is 10.0. The van der Waals surface area contributed by atoms with Crippen molar-refractivity contribution in [3.63, 3.8) is 0 Å². The second kappa shape index (κ2) is 8.49. The highest BCUT2D eigenvalue weighted by atomic mass is 19.1. The van der Waals surface area contributed by atoms with Crippen LogP contribution in [0.1, 0.15) is 23.7 Å². The average molecular weight is 406 g/mol. The van der Waals surface area contributed by atoms with Crippen molar-refractivity contribution in [1.82, 2.24) is 10.3 Å². The highest BCUT2D eigenvalue weighted by Gasteiger charge is 2.30. The first-order chi connectivity index (χ1) is 14.6. The highest BCUT2D eigenvalue weighted by molar-refractivity contribution is 6.07. The topological polar surface area (TPSA) is 74.3 Å². The molecule has 1 atom stereocenters. The molecule has 0 bridgehead atoms. The monoisotopic (exact) mass is 406 g/mol. The largest absolute Gasteiger partial charge is 0.368 e. The minimum Gasteiger partial charge on any atom is -0.368 e. The Hall–Kier alpha value is -3.48. The molecule has 2 N–H and O–H groups in total. The number of fused-ring (bicyclic) bond motifs is 1. The number of hydrogen-bond donors (Lipinski definition) is 2. The third-order valence-electron chi connectivity index (χ3n) is 5.30. The Balaban J connectivity index is 1.53. The van der Waals surface area contributed by atoms with Gasteiger partial charge in [-0.05, 0) is 37.6 Å². The van der Waals surface area contributed by atoms with Crippen molar-refractivity contribution in [3.8, 4) is 0 Å². The quantitative estimate of drug-likeness (QED) is 0.679. The molecule has 3 aromatic rings. The summed E-state index contributed by atoms with van der Waals surface area (Å²) < 4.78 is 14.1. The number of halogens is 1. The first kappa shape index (κ1) is 19.8. The van der Waals surface area contributed by atoms with E-state index in [1.807, 2.05) is 36.1 Å². The van der Waals surface area contributed by atoms with Gasteiger partial charge in [0.25, 0.3) is 5.91 Å². The van der Waals surface area contributed by atoms with Gasteiger partial charge in [-0.15, -0.1) is 0 Å². The van der Waals surface area contributed by atoms with E-state index in [1.54, 1.807) is 24.3 Å². The zero-order valence-corrected chi connectivity index (χ0v) is 16.7. The van der Waals surface area contributed by atoms with Crippen LogP contribution in [0.2, 0.25) is 0 Å². The van der Waals surface area contributed by atoms with Crippen molar-refractivity contribution in [1.29, 1.82) is 0 Å². The molecule has 154 valence electrons. The Kier molecular flexibility index (Phi) is 5.61. The van der Waals surface area contributed by atoms with Crippen molar-refractivity contribution >= 4 is 34.2 Å². The molecule has 4 rings (SSSR count). The fraction of sp³-hybridized carbons (Fsp3) is 0.261. The molecule has 7 heteroatoms. The van der Waals surface area contributed by atoms with E-state index >= 15 is 0 Å². The maximum absolute atomic E-state index is 14.1. The van der Waals surface area contributed by atoms with E-state index in [1.165, 1.54) is 6.07 Å². The van der Waals surface area contributed by atoms with Crippen molar-refractivity contribution < 1.29 is 14.0 Å². The number of carbonyl (C=O) groups is 2. The molecule has 30 heavy (non-hydrogen) atoms. The van der Waals surface area contributed by atoms with Crippen LogP contribution >= 0.6 is 0 Å². The van der Waals surface area contributed by atoms with Gasteiger partial charge in [0.2, 0.25) is 5.91 Å². The number of nitrogens with zero attached hydrogens (tertiary/aromatic N) is 2. The van der Waals surface area contributed by atoms with Crippen LogP contribution in [0.3, 0.4) is 0 Å². The van der Waals surface area contributed by atoms with Gasteiger partial charge in [-0.3, -0.25) is 9.59 Å². The molecule has 1 unspecified atom stereocenters. The molecule has 2 amide bonds. The summed E-state index contributed by atoms with van der Waals surface area (Å²) in [5.74, 6) is -0.631. The number of hydrogen-bond acceptors (Lipinski definition) is 4. The summed E-state index contributed by atoms with van der Waals surface area (Å²) >= 11 is 0. The van der Waals surface area contributed by atoms with Gasteiger partial charge in [-0.2, -0.15) is 0 Å². The summed E-state index contributed by atoms with van der Waals surface area (Å²) in [7, 11) is 0. The molecular formula is C23H23FN4O2. The van der Waals surface area contributed by atoms with E-state index in [2.05, 4.69) is 15.6 Å². The number of para-hydroxylation sites is 2. The Morgan fingerprint density at radius 2 is 1.93 bits per heavy atom. The standard InChI is InChI=1S/C23H23FN4O2/c1-2-25-23(30)17-13-21(26-19-9-5-3-7-16(17)19)27-22(29)15-11-12-28(14-15)20-10-6-4-8-18(20)24/h3-10,13,15H,2,11-12,14H2,1H3,(H,25,30)(H,26,27,29). The smallest absolute Gasteiger partial charge is 0.252 e. The van der Waals surface area contributed by atoms with Gasteiger partial charge in [0, 0.05) is 25.0 Å². The number of benzene rings is 2. The van der Waals surface area contributed by atoms with Crippen LogP contribution in [0, 0.1) is 11.7 Å². The van der Waals surface area contributed by atoms with Crippen LogP contribution in [0.4, 0.5) is 15.9 Å². The summed E-state index contributed by atoms with van der Waals surface area (Å²) in [5, 5.41) is 6.38. The van der Waals surface area contributed by atoms with Crippen LogP contribution < -0.4 is 15.5 Å². The van der Waals surface area contributed by atoms with Crippen molar-refractivity contribution in [2.45, 2.75) is 13.3 Å². The second-order valence-corrected chi connectivity index (χ2v) is 7.30. The fourth-order valence-corrected chi connectivity index (χ4v) is 3.81. The summed E-state index contributed by atoms with van der Waals surface area (Å²) in [6, 6.07) is 15.5. The SMILES string of the molecule is CCNC(=O)c1cc(NC(=O)C2CCN(c3ccccc3F)C2)nc2ccccc12. The van der Waals surface area contributed by atoms with Gasteiger partial charge in [0.1, 0.15) is 11.6 Å². The molecule has 0 radical (unpaired) electrons. The first-order valence-corrected chi connectivity index (χ1v) is 10.0. The molecule has 1 aromatic heterocycles. The second-order valence-electron chi connectivity index (χ2n) is 7.30. The minimum absolute atomic E-state index is 0.182. The van der Waals surface area contributed by atoms with Crippen LogP contribution in [0.5, 0.6) is 0 Å². The zero-order valence-electron chi connectivity index (χ0n) is 16.7. The number of carbonyl (C=O) groups excluding carboxylic acids is 2. The van der Waals surface area contributed by atoms with Crippen LogP contribution in [0.15, 0.2) is 54.6 Å². The molecule has 1 saturated heterocycles. The molecule has 0 saturated carbocycles. The van der Waals surface area contributed by atoms with Crippen molar-refractivity contribution in [3.05, 3.63) is 66.0 Å². The van der Waals surface area contributed by atoms with Gasteiger partial charge in [0.05, 0.1) is 22.7 Å². The predicted octanol–water partition coefficient (Wildman–Crippen LogP) is 3.59. The predicted molar refractivity (Wildman–Crippen MR) is 115 cm³/mol. The van der Waals surface area contributed by atoms with Gasteiger partial charge in [-0.25, -0.2) is 9.37 Å². The Bertz CT molecular complexity index is 1100. The summed E-state index contributed by atoms with van der Waals surface area (Å²) in [6.45, 7) is 3.40. The van der Waals surface area contributed by atoms with Crippen LogP contribution in [-0.2, 0) is 4.79 Å². The third-order valence-corrected chi connectivity index (χ3v) is 5.30. The lowest BCUT2D eigenvalue weighted by Gasteiger charge is -2.19. The number of aromatic nitrogens is 1. The van der Waals surface area contributed by atoms with Crippen molar-refractivity contribution in [2.75, 3.05) is 29.9 Å². The van der Waals surface area contributed by atoms with Gasteiger partial charge >= 0.3 is 0 Å². The molecule has 1 fully saturated rings. The summed E-state index contributed by atoms with van der Waals surface area (Å²) in [5.41, 5.74) is 1.61. The lowest BCUT2D eigenvalue weighted by Crippen LogP contribution is -2.28. The van der Waals surface area contributed by atoms with E-state index in [0.717, 1.165) is 5.39 Å². The van der Waals surface area contributed by atoms with Gasteiger partial charge < -0.3 is 15.5 Å². The number of nitrogens with one attached hydrogen (secondary N) is 2. The van der Waals surface area contributed by atoms with Gasteiger partial charge in [0.15, 0.2) is 0 Å². The number of rotatable bonds is 5. The average Bonchev–Trinajstić information content (AvgIpc) is 3.24. The zero-order chi connectivity index (χ0) is 21.1. The molecule has 1 aliphatic heterocycles. The van der Waals surface area contributed by atoms with E-state index in [9.17, 15) is 14.0 Å². The highest BCUT2D eigenvalue weighted by Crippen LogP contribution is 2.27. The van der Waals surface area contributed by atoms with Gasteiger partial charge in [-0.1, -0.05) is 30.3 Å². The van der Waals surface area contributed by atoms with Crippen molar-refractivity contribution in [2.24, 2.45) is 5.92 Å². The Morgan fingerprint density at radius 3 is 2.73 bits per heavy atom. The van der Waals surface area contributed by atoms with E-state index in [-0.39, 0.29) is 23.5 Å². The summed E-state index contributed by atoms with van der Waals surface area (Å²) in [6.07, 6.45) is 0.622. The van der Waals surface area contributed by atoms with E-state index in [0.29, 0.717) is 48.6 Å². The van der Waals surface area contributed by atoms with Crippen LogP contribution in [0.25, 0.3) is 10.9 Å². The lowest BCUT2D eigenvalue weighted by atomic mass is 10.1. The molecule has 2 aromatic carbocycles. The normalized spacial score (nSPS) is 15.9. The molecule has 1 aliphatic rings. The molecular weight excluding hydrogens is 383 g/mol. The number of amides is 2. The minimum atomic E-state index is -0.290. The Labute approximate surface area is 174 Å². The molecule has 0 spiro atoms. The lowest BCUT2D eigenvalue weighted by molar-refractivity contribution is -0.119.